The van der Waals surface area contributed by atoms with Crippen molar-refractivity contribution in [3.05, 3.63) is 0 Å². The molecule has 0 aliphatic heterocycles. The van der Waals surface area contributed by atoms with E-state index in [0.717, 1.165) is 6.42 Å². The summed E-state index contributed by atoms with van der Waals surface area (Å²) >= 11 is 0. The summed E-state index contributed by atoms with van der Waals surface area (Å²) in [5, 5.41) is 2.77. The summed E-state index contributed by atoms with van der Waals surface area (Å²) in [6.45, 7) is 13.2. The number of amides is 2. The molecule has 0 aliphatic rings. The zero-order valence-corrected chi connectivity index (χ0v) is 16.8. The van der Waals surface area contributed by atoms with E-state index in [1.54, 1.807) is 6.92 Å². The first kappa shape index (κ1) is 23.4. The van der Waals surface area contributed by atoms with Crippen LogP contribution in [0.2, 0.25) is 0 Å². The molecule has 0 spiro atoms. The van der Waals surface area contributed by atoms with Crippen molar-refractivity contribution in [1.29, 1.82) is 0 Å². The second-order valence-corrected chi connectivity index (χ2v) is 7.77. The first-order chi connectivity index (χ1) is 11.3. The summed E-state index contributed by atoms with van der Waals surface area (Å²) in [5.74, 6) is -0.812. The van der Waals surface area contributed by atoms with E-state index in [2.05, 4.69) is 19.2 Å². The Kier molecular flexibility index (Phi) is 9.70. The van der Waals surface area contributed by atoms with Crippen molar-refractivity contribution in [1.82, 2.24) is 10.2 Å². The molecule has 0 aromatic heterocycles. The zero-order valence-electron chi connectivity index (χ0n) is 16.8. The van der Waals surface area contributed by atoms with Crippen LogP contribution in [0.4, 0.5) is 0 Å². The van der Waals surface area contributed by atoms with Crippen molar-refractivity contribution < 1.29 is 23.9 Å². The molecule has 0 saturated carbocycles. The predicted molar refractivity (Wildman–Crippen MR) is 96.0 cm³/mol. The molecule has 2 unspecified atom stereocenters. The summed E-state index contributed by atoms with van der Waals surface area (Å²) in [7, 11) is 1.50. The quantitative estimate of drug-likeness (QED) is 0.635. The largest absolute Gasteiger partial charge is 0.451 e. The molecule has 0 aromatic carbocycles. The van der Waals surface area contributed by atoms with Crippen molar-refractivity contribution in [2.75, 3.05) is 20.2 Å². The number of rotatable bonds is 9. The molecule has 2 atom stereocenters. The number of nitrogens with zero attached hydrogens (tertiary/aromatic N) is 1. The Labute approximate surface area is 151 Å². The maximum absolute atomic E-state index is 12.2. The lowest BCUT2D eigenvalue weighted by Crippen LogP contribution is -2.48. The van der Waals surface area contributed by atoms with Gasteiger partial charge in [0.05, 0.1) is 6.54 Å². The highest BCUT2D eigenvalue weighted by Gasteiger charge is 2.26. The topological polar surface area (TPSA) is 84.9 Å². The molecule has 0 bridgehead atoms. The average Bonchev–Trinajstić information content (AvgIpc) is 2.43. The normalized spacial score (nSPS) is 14.0. The van der Waals surface area contributed by atoms with Gasteiger partial charge in [0.15, 0.2) is 12.2 Å². The van der Waals surface area contributed by atoms with E-state index in [-0.39, 0.29) is 18.0 Å². The third-order valence-electron chi connectivity index (χ3n) is 3.31. The maximum Gasteiger partial charge on any atom is 0.335 e. The van der Waals surface area contributed by atoms with Gasteiger partial charge in [-0.1, -0.05) is 13.8 Å². The minimum atomic E-state index is -0.976. The van der Waals surface area contributed by atoms with Crippen molar-refractivity contribution in [2.24, 2.45) is 5.92 Å². The summed E-state index contributed by atoms with van der Waals surface area (Å²) in [6.07, 6.45) is -0.864. The van der Waals surface area contributed by atoms with Crippen LogP contribution in [0.5, 0.6) is 0 Å². The number of nitrogens with one attached hydrogen (secondary N) is 1. The summed E-state index contributed by atoms with van der Waals surface area (Å²) in [4.78, 5) is 37.3. The van der Waals surface area contributed by atoms with E-state index >= 15 is 0 Å². The van der Waals surface area contributed by atoms with Crippen LogP contribution in [0.25, 0.3) is 0 Å². The van der Waals surface area contributed by atoms with Crippen molar-refractivity contribution in [3.63, 3.8) is 0 Å². The SMILES string of the molecule is CC(C)CCOC(C)C(=O)OC(C)C(=O)N(C)CC(=O)NC(C)(C)C. The van der Waals surface area contributed by atoms with Crippen LogP contribution in [0, 0.1) is 5.92 Å². The van der Waals surface area contributed by atoms with E-state index in [9.17, 15) is 14.4 Å². The third kappa shape index (κ3) is 10.8. The first-order valence-corrected chi connectivity index (χ1v) is 8.71. The minimum Gasteiger partial charge on any atom is -0.451 e. The van der Waals surface area contributed by atoms with Gasteiger partial charge in [0.1, 0.15) is 0 Å². The lowest BCUT2D eigenvalue weighted by molar-refractivity contribution is -0.167. The minimum absolute atomic E-state index is 0.0988. The summed E-state index contributed by atoms with van der Waals surface area (Å²) < 4.78 is 10.6. The van der Waals surface area contributed by atoms with E-state index in [1.165, 1.54) is 18.9 Å². The monoisotopic (exact) mass is 358 g/mol. The van der Waals surface area contributed by atoms with Crippen molar-refractivity contribution in [3.8, 4) is 0 Å². The Morgan fingerprint density at radius 2 is 1.60 bits per heavy atom. The molecule has 0 fully saturated rings. The zero-order chi connectivity index (χ0) is 19.8. The van der Waals surface area contributed by atoms with E-state index in [0.29, 0.717) is 12.5 Å². The molecule has 7 nitrogen and oxygen atoms in total. The first-order valence-electron chi connectivity index (χ1n) is 8.71. The summed E-state index contributed by atoms with van der Waals surface area (Å²) in [6, 6.07) is 0. The fourth-order valence-electron chi connectivity index (χ4n) is 1.93. The molecule has 0 aromatic rings. The standard InChI is InChI=1S/C18H34N2O5/c1-12(2)9-10-24-14(4)17(23)25-13(3)16(22)20(8)11-15(21)19-18(5,6)7/h12-14H,9-11H2,1-8H3,(H,19,21). The van der Waals surface area contributed by atoms with Crippen LogP contribution in [0.1, 0.15) is 54.9 Å². The van der Waals surface area contributed by atoms with Crippen molar-refractivity contribution in [2.45, 2.75) is 72.6 Å². The van der Waals surface area contributed by atoms with Gasteiger partial charge in [0.2, 0.25) is 5.91 Å². The lowest BCUT2D eigenvalue weighted by atomic mass is 10.1. The highest BCUT2D eigenvalue weighted by molar-refractivity contribution is 5.88. The van der Waals surface area contributed by atoms with Gasteiger partial charge in [-0.2, -0.15) is 0 Å². The molecular weight excluding hydrogens is 324 g/mol. The number of hydrogen-bond acceptors (Lipinski definition) is 5. The molecule has 7 heteroatoms. The smallest absolute Gasteiger partial charge is 0.335 e. The number of esters is 1. The third-order valence-corrected chi connectivity index (χ3v) is 3.31. The van der Waals surface area contributed by atoms with Gasteiger partial charge in [-0.25, -0.2) is 4.79 Å². The molecular formula is C18H34N2O5. The van der Waals surface area contributed by atoms with Crippen LogP contribution in [0.15, 0.2) is 0 Å². The van der Waals surface area contributed by atoms with Crippen molar-refractivity contribution >= 4 is 17.8 Å². The number of carbonyl (C=O) groups is 3. The van der Waals surface area contributed by atoms with Crippen LogP contribution < -0.4 is 5.32 Å². The number of ether oxygens (including phenoxy) is 2. The molecule has 0 saturated heterocycles. The van der Waals surface area contributed by atoms with Gasteiger partial charge >= 0.3 is 5.97 Å². The lowest BCUT2D eigenvalue weighted by Gasteiger charge is -2.25. The van der Waals surface area contributed by atoms with Crippen LogP contribution in [-0.4, -0.2) is 60.6 Å². The fourth-order valence-corrected chi connectivity index (χ4v) is 1.93. The van der Waals surface area contributed by atoms with Crippen LogP contribution >= 0.6 is 0 Å². The van der Waals surface area contributed by atoms with Gasteiger partial charge in [-0.3, -0.25) is 9.59 Å². The Morgan fingerprint density at radius 1 is 1.04 bits per heavy atom. The van der Waals surface area contributed by atoms with Crippen LogP contribution in [-0.2, 0) is 23.9 Å². The van der Waals surface area contributed by atoms with Gasteiger partial charge in [0.25, 0.3) is 5.91 Å². The van der Waals surface area contributed by atoms with Gasteiger partial charge in [-0.05, 0) is 47.0 Å². The summed E-state index contributed by atoms with van der Waals surface area (Å²) in [5.41, 5.74) is -0.373. The molecule has 2 amide bonds. The number of carbonyl (C=O) groups excluding carboxylic acids is 3. The second kappa shape index (κ2) is 10.4. The fraction of sp³-hybridized carbons (Fsp3) is 0.833. The number of hydrogen-bond donors (Lipinski definition) is 1. The molecule has 25 heavy (non-hydrogen) atoms. The molecule has 0 heterocycles. The van der Waals surface area contributed by atoms with Crippen LogP contribution in [0.3, 0.4) is 0 Å². The average molecular weight is 358 g/mol. The Bertz CT molecular complexity index is 457. The predicted octanol–water partition coefficient (Wildman–Crippen LogP) is 1.74. The Balaban J connectivity index is 4.39. The Hall–Kier alpha value is -1.63. The molecule has 0 radical (unpaired) electrons. The highest BCUT2D eigenvalue weighted by Crippen LogP contribution is 2.06. The van der Waals surface area contributed by atoms with E-state index in [1.807, 2.05) is 20.8 Å². The van der Waals surface area contributed by atoms with Gasteiger partial charge in [-0.15, -0.1) is 0 Å². The molecule has 0 rings (SSSR count). The van der Waals surface area contributed by atoms with E-state index < -0.39 is 24.1 Å². The molecule has 0 aliphatic carbocycles. The van der Waals surface area contributed by atoms with Gasteiger partial charge < -0.3 is 19.7 Å². The molecule has 1 N–H and O–H groups in total. The highest BCUT2D eigenvalue weighted by atomic mass is 16.6. The second-order valence-electron chi connectivity index (χ2n) is 7.77. The maximum atomic E-state index is 12.2. The number of likely N-dealkylation sites (N-methyl/N-ethyl adjacent to an activating group) is 1. The van der Waals surface area contributed by atoms with Gasteiger partial charge in [0, 0.05) is 19.2 Å². The Morgan fingerprint density at radius 3 is 2.08 bits per heavy atom. The van der Waals surface area contributed by atoms with E-state index in [4.69, 9.17) is 9.47 Å². The molecule has 146 valence electrons.